The number of hydrogen-bond donors (Lipinski definition) is 1. The number of nitro groups is 1. The summed E-state index contributed by atoms with van der Waals surface area (Å²) in [5.41, 5.74) is 0.416. The van der Waals surface area contributed by atoms with Crippen LogP contribution in [-0.4, -0.2) is 32.5 Å². The van der Waals surface area contributed by atoms with Gasteiger partial charge in [-0.15, -0.1) is 11.3 Å². The van der Waals surface area contributed by atoms with Crippen LogP contribution in [0.25, 0.3) is 0 Å². The first kappa shape index (κ1) is 26.1. The van der Waals surface area contributed by atoms with Crippen molar-refractivity contribution in [2.45, 2.75) is 22.7 Å². The zero-order valence-electron chi connectivity index (χ0n) is 20.2. The molecule has 3 amide bonds. The summed E-state index contributed by atoms with van der Waals surface area (Å²) in [4.78, 5) is 65.9. The number of thiophene rings is 1. The van der Waals surface area contributed by atoms with Crippen LogP contribution in [0, 0.1) is 21.8 Å². The maximum atomic E-state index is 13.8. The Morgan fingerprint density at radius 2 is 1.75 bits per heavy atom. The molecule has 0 radical (unpaired) electrons. The number of thiazole rings is 1. The molecular formula is C26H17FN4O6S3. The topological polar surface area (TPSA) is 132 Å². The second kappa shape index (κ2) is 10.1. The van der Waals surface area contributed by atoms with Gasteiger partial charge in [-0.3, -0.25) is 33.9 Å². The largest absolute Gasteiger partial charge is 0.325 e. The number of carbonyl (C=O) groups is 3. The van der Waals surface area contributed by atoms with Crippen molar-refractivity contribution >= 4 is 69.2 Å². The fourth-order valence-corrected chi connectivity index (χ4v) is 8.61. The summed E-state index contributed by atoms with van der Waals surface area (Å²) < 4.78 is 14.5. The van der Waals surface area contributed by atoms with E-state index in [1.165, 1.54) is 64.4 Å². The lowest BCUT2D eigenvalue weighted by Gasteiger charge is -2.29. The van der Waals surface area contributed by atoms with Gasteiger partial charge in [0, 0.05) is 33.5 Å². The highest BCUT2D eigenvalue weighted by Gasteiger charge is 2.57. The molecule has 0 aliphatic carbocycles. The SMILES string of the molecule is O=C(Cn1c2c(sc1=O)[C@@H](c1cccs1)[C@@H]1C(=O)N(c3ccc([N+](=O)[O-])cc3)C(=O)[C@@H]1S2)Nc1ccc(F)cc1. The Hall–Kier alpha value is -4.14. The van der Waals surface area contributed by atoms with Gasteiger partial charge < -0.3 is 5.32 Å². The van der Waals surface area contributed by atoms with Gasteiger partial charge in [-0.25, -0.2) is 9.29 Å². The average molecular weight is 597 g/mol. The van der Waals surface area contributed by atoms with Crippen LogP contribution in [0.4, 0.5) is 21.5 Å². The molecule has 4 heterocycles. The van der Waals surface area contributed by atoms with Crippen LogP contribution in [0.2, 0.25) is 0 Å². The molecule has 202 valence electrons. The summed E-state index contributed by atoms with van der Waals surface area (Å²) in [6.07, 6.45) is 0. The summed E-state index contributed by atoms with van der Waals surface area (Å²) in [6.45, 7) is -0.336. The van der Waals surface area contributed by atoms with E-state index in [9.17, 15) is 33.7 Å². The molecule has 6 rings (SSSR count). The van der Waals surface area contributed by atoms with Crippen molar-refractivity contribution in [2.75, 3.05) is 10.2 Å². The maximum absolute atomic E-state index is 13.8. The molecule has 2 aliphatic heterocycles. The number of fused-ring (bicyclic) bond motifs is 2. The molecule has 1 fully saturated rings. The number of nitro benzene ring substituents is 1. The zero-order chi connectivity index (χ0) is 28.1. The Morgan fingerprint density at radius 3 is 2.40 bits per heavy atom. The van der Waals surface area contributed by atoms with E-state index >= 15 is 0 Å². The minimum atomic E-state index is -0.872. The summed E-state index contributed by atoms with van der Waals surface area (Å²) in [5.74, 6) is -3.31. The van der Waals surface area contributed by atoms with Gasteiger partial charge in [0.15, 0.2) is 0 Å². The second-order valence-electron chi connectivity index (χ2n) is 9.02. The number of benzene rings is 2. The van der Waals surface area contributed by atoms with Gasteiger partial charge in [0.25, 0.3) is 5.69 Å². The first-order valence-electron chi connectivity index (χ1n) is 11.8. The van der Waals surface area contributed by atoms with E-state index < -0.39 is 50.4 Å². The average Bonchev–Trinajstić information content (AvgIpc) is 3.63. The normalized spacial score (nSPS) is 19.8. The fraction of sp³-hybridized carbons (Fsp3) is 0.154. The van der Waals surface area contributed by atoms with E-state index in [1.807, 2.05) is 17.5 Å². The quantitative estimate of drug-likeness (QED) is 0.198. The highest BCUT2D eigenvalue weighted by atomic mass is 32.2. The Labute approximate surface area is 237 Å². The van der Waals surface area contributed by atoms with Crippen molar-refractivity contribution in [3.05, 3.63) is 101 Å². The van der Waals surface area contributed by atoms with Crippen molar-refractivity contribution in [1.29, 1.82) is 0 Å². The minimum absolute atomic E-state index is 0.170. The Kier molecular flexibility index (Phi) is 6.60. The van der Waals surface area contributed by atoms with E-state index in [0.29, 0.717) is 15.6 Å². The molecule has 0 spiro atoms. The number of amides is 3. The van der Waals surface area contributed by atoms with E-state index in [1.54, 1.807) is 0 Å². The molecule has 0 bridgehead atoms. The molecule has 2 aromatic heterocycles. The van der Waals surface area contributed by atoms with Crippen LogP contribution in [0.5, 0.6) is 0 Å². The Balaban J connectivity index is 1.36. The van der Waals surface area contributed by atoms with Crippen LogP contribution in [0.1, 0.15) is 15.7 Å². The number of nitrogens with zero attached hydrogens (tertiary/aromatic N) is 3. The maximum Gasteiger partial charge on any atom is 0.308 e. The molecule has 14 heteroatoms. The highest BCUT2D eigenvalue weighted by Crippen LogP contribution is 2.54. The van der Waals surface area contributed by atoms with Crippen molar-refractivity contribution in [1.82, 2.24) is 4.57 Å². The van der Waals surface area contributed by atoms with Crippen molar-refractivity contribution in [3.8, 4) is 0 Å². The molecule has 0 saturated carbocycles. The number of aromatic nitrogens is 1. The number of non-ortho nitro benzene ring substituents is 1. The summed E-state index contributed by atoms with van der Waals surface area (Å²) in [6, 6.07) is 14.1. The van der Waals surface area contributed by atoms with Gasteiger partial charge in [-0.1, -0.05) is 29.2 Å². The third kappa shape index (κ3) is 4.43. The number of rotatable bonds is 6. The van der Waals surface area contributed by atoms with Crippen LogP contribution >= 0.6 is 34.4 Å². The third-order valence-corrected chi connectivity index (χ3v) is 10.2. The van der Waals surface area contributed by atoms with Crippen molar-refractivity contribution in [3.63, 3.8) is 0 Å². The zero-order valence-corrected chi connectivity index (χ0v) is 22.6. The minimum Gasteiger partial charge on any atom is -0.325 e. The summed E-state index contributed by atoms with van der Waals surface area (Å²) in [5, 5.41) is 15.1. The molecule has 3 atom stereocenters. The number of hydrogen-bond acceptors (Lipinski definition) is 9. The summed E-state index contributed by atoms with van der Waals surface area (Å²) in [7, 11) is 0. The van der Waals surface area contributed by atoms with Crippen LogP contribution < -0.4 is 15.1 Å². The molecule has 40 heavy (non-hydrogen) atoms. The highest BCUT2D eigenvalue weighted by molar-refractivity contribution is 8.00. The fourth-order valence-electron chi connectivity index (χ4n) is 4.89. The van der Waals surface area contributed by atoms with Gasteiger partial charge in [0.05, 0.1) is 21.6 Å². The van der Waals surface area contributed by atoms with Gasteiger partial charge in [-0.2, -0.15) is 0 Å². The molecule has 1 N–H and O–H groups in total. The molecule has 2 aliphatic rings. The van der Waals surface area contributed by atoms with Crippen LogP contribution in [0.15, 0.2) is 75.9 Å². The summed E-state index contributed by atoms with van der Waals surface area (Å²) >= 11 is 3.41. The first-order chi connectivity index (χ1) is 19.2. The standard InChI is InChI=1S/C26H17FN4O6S3/c27-13-3-5-14(6-4-13)28-18(32)12-29-25-22(40-26(29)35)19(17-2-1-11-38-17)20-21(39-25)24(34)30(23(20)33)15-7-9-16(10-8-15)31(36)37/h1-11,19-21H,12H2,(H,28,32)/t19-,20-,21+/m0/s1. The number of thioether (sulfide) groups is 1. The van der Waals surface area contributed by atoms with Gasteiger partial charge >= 0.3 is 4.87 Å². The Bertz CT molecular complexity index is 1720. The lowest BCUT2D eigenvalue weighted by atomic mass is 9.87. The smallest absolute Gasteiger partial charge is 0.308 e. The van der Waals surface area contributed by atoms with E-state index in [2.05, 4.69) is 5.32 Å². The number of nitrogens with one attached hydrogen (secondary N) is 1. The molecular weight excluding hydrogens is 580 g/mol. The number of imide groups is 1. The van der Waals surface area contributed by atoms with E-state index in [4.69, 9.17) is 0 Å². The lowest BCUT2D eigenvalue weighted by Crippen LogP contribution is -2.32. The predicted molar refractivity (Wildman–Crippen MR) is 148 cm³/mol. The Morgan fingerprint density at radius 1 is 1.02 bits per heavy atom. The molecule has 1 saturated heterocycles. The molecule has 10 nitrogen and oxygen atoms in total. The van der Waals surface area contributed by atoms with Gasteiger partial charge in [0.2, 0.25) is 17.7 Å². The van der Waals surface area contributed by atoms with E-state index in [-0.39, 0.29) is 17.9 Å². The van der Waals surface area contributed by atoms with Gasteiger partial charge in [0.1, 0.15) is 17.6 Å². The monoisotopic (exact) mass is 596 g/mol. The third-order valence-electron chi connectivity index (χ3n) is 6.65. The van der Waals surface area contributed by atoms with Gasteiger partial charge in [-0.05, 0) is 47.8 Å². The molecule has 4 aromatic rings. The first-order valence-corrected chi connectivity index (χ1v) is 14.4. The van der Waals surface area contributed by atoms with Crippen LogP contribution in [-0.2, 0) is 20.9 Å². The molecule has 0 unspecified atom stereocenters. The van der Waals surface area contributed by atoms with Crippen LogP contribution in [0.3, 0.4) is 0 Å². The number of anilines is 2. The second-order valence-corrected chi connectivity index (χ2v) is 12.1. The number of carbonyl (C=O) groups excluding carboxylic acids is 3. The lowest BCUT2D eigenvalue weighted by molar-refractivity contribution is -0.384. The predicted octanol–water partition coefficient (Wildman–Crippen LogP) is 4.45. The van der Waals surface area contributed by atoms with E-state index in [0.717, 1.165) is 32.9 Å². The number of halogens is 1. The molecule has 2 aromatic carbocycles. The van der Waals surface area contributed by atoms with Crippen molar-refractivity contribution < 1.29 is 23.7 Å². The van der Waals surface area contributed by atoms with Crippen molar-refractivity contribution in [2.24, 2.45) is 5.92 Å².